The number of halogens is 1. The normalized spacial score (nSPS) is 23.5. The first kappa shape index (κ1) is 17.1. The molecule has 2 atom stereocenters. The molecule has 0 radical (unpaired) electrons. The Labute approximate surface area is 162 Å². The standard InChI is InChI=1S/C21H22FN3OS/c22-17-3-2-12(8-15(17)21(23)26)13-9-14-16-11-24-5-4-18(16)25-6-1-7-27-19(10-13)20(14)25/h2-3,8-10,16,18,24H,1,4-7,11H2,(H2,23,26)/t16-,18-/m0/s1. The van der Waals surface area contributed by atoms with Crippen LogP contribution in [0.15, 0.2) is 35.2 Å². The van der Waals surface area contributed by atoms with Crippen LogP contribution in [0.4, 0.5) is 10.1 Å². The molecule has 0 unspecified atom stereocenters. The lowest BCUT2D eigenvalue weighted by Crippen LogP contribution is -2.44. The number of anilines is 1. The fourth-order valence-electron chi connectivity index (χ4n) is 4.79. The van der Waals surface area contributed by atoms with Gasteiger partial charge in [0.1, 0.15) is 5.82 Å². The number of nitrogens with one attached hydrogen (secondary N) is 1. The third-order valence-corrected chi connectivity index (χ3v) is 7.12. The van der Waals surface area contributed by atoms with Crippen molar-refractivity contribution in [1.29, 1.82) is 0 Å². The SMILES string of the molecule is NC(=O)c1cc(-c2cc3c4c(c2)[C@@H]2CNCC[C@@H]2N4CCCS3)ccc1F. The molecule has 0 spiro atoms. The van der Waals surface area contributed by atoms with Crippen molar-refractivity contribution in [2.24, 2.45) is 5.73 Å². The summed E-state index contributed by atoms with van der Waals surface area (Å²) in [5.41, 5.74) is 9.96. The number of thioether (sulfide) groups is 1. The molecule has 1 amide bonds. The van der Waals surface area contributed by atoms with Gasteiger partial charge >= 0.3 is 0 Å². The van der Waals surface area contributed by atoms with Crippen molar-refractivity contribution in [2.75, 3.05) is 30.3 Å². The predicted octanol–water partition coefficient (Wildman–Crippen LogP) is 3.35. The summed E-state index contributed by atoms with van der Waals surface area (Å²) in [4.78, 5) is 15.5. The Morgan fingerprint density at radius 3 is 3.00 bits per heavy atom. The van der Waals surface area contributed by atoms with Gasteiger partial charge in [-0.1, -0.05) is 6.07 Å². The van der Waals surface area contributed by atoms with E-state index in [4.69, 9.17) is 5.73 Å². The third kappa shape index (κ3) is 2.74. The highest BCUT2D eigenvalue weighted by molar-refractivity contribution is 7.99. The van der Waals surface area contributed by atoms with Gasteiger partial charge in [0.2, 0.25) is 0 Å². The van der Waals surface area contributed by atoms with Crippen LogP contribution in [0, 0.1) is 5.82 Å². The Morgan fingerprint density at radius 2 is 2.15 bits per heavy atom. The number of rotatable bonds is 2. The number of nitrogens with two attached hydrogens (primary N) is 1. The molecule has 4 nitrogen and oxygen atoms in total. The first-order valence-electron chi connectivity index (χ1n) is 9.51. The number of fused-ring (bicyclic) bond motifs is 3. The van der Waals surface area contributed by atoms with E-state index in [0.717, 1.165) is 36.5 Å². The Hall–Kier alpha value is -2.05. The molecule has 3 N–H and O–H groups in total. The maximum absolute atomic E-state index is 13.9. The zero-order valence-corrected chi connectivity index (χ0v) is 15.8. The second-order valence-electron chi connectivity index (χ2n) is 7.53. The third-order valence-electron chi connectivity index (χ3n) is 6.00. The zero-order valence-electron chi connectivity index (χ0n) is 15.0. The molecule has 6 heteroatoms. The number of primary amides is 1. The first-order valence-corrected chi connectivity index (χ1v) is 10.5. The molecule has 2 aromatic carbocycles. The highest BCUT2D eigenvalue weighted by Gasteiger charge is 2.41. The quantitative estimate of drug-likeness (QED) is 0.835. The van der Waals surface area contributed by atoms with Crippen molar-refractivity contribution in [3.63, 3.8) is 0 Å². The topological polar surface area (TPSA) is 58.4 Å². The number of carbonyl (C=O) groups excluding carboxylic acids is 1. The Kier molecular flexibility index (Phi) is 4.13. The van der Waals surface area contributed by atoms with Crippen molar-refractivity contribution in [2.45, 2.75) is 29.7 Å². The monoisotopic (exact) mass is 383 g/mol. The van der Waals surface area contributed by atoms with E-state index in [1.807, 2.05) is 11.8 Å². The highest BCUT2D eigenvalue weighted by Crippen LogP contribution is 2.51. The van der Waals surface area contributed by atoms with Crippen molar-refractivity contribution in [1.82, 2.24) is 5.32 Å². The van der Waals surface area contributed by atoms with Crippen molar-refractivity contribution < 1.29 is 9.18 Å². The van der Waals surface area contributed by atoms with Crippen LogP contribution in [0.1, 0.15) is 34.7 Å². The first-order chi connectivity index (χ1) is 13.1. The fraction of sp³-hybridized carbons (Fsp3) is 0.381. The van der Waals surface area contributed by atoms with Crippen LogP contribution >= 0.6 is 11.8 Å². The molecule has 2 aromatic rings. The smallest absolute Gasteiger partial charge is 0.251 e. The lowest BCUT2D eigenvalue weighted by atomic mass is 9.88. The van der Waals surface area contributed by atoms with Gasteiger partial charge in [-0.05, 0) is 66.1 Å². The Morgan fingerprint density at radius 1 is 1.26 bits per heavy atom. The van der Waals surface area contributed by atoms with Crippen molar-refractivity contribution >= 4 is 23.4 Å². The van der Waals surface area contributed by atoms with E-state index in [9.17, 15) is 9.18 Å². The molecular weight excluding hydrogens is 361 g/mol. The molecule has 1 saturated heterocycles. The molecule has 3 heterocycles. The summed E-state index contributed by atoms with van der Waals surface area (Å²) in [6.07, 6.45) is 2.36. The van der Waals surface area contributed by atoms with Gasteiger partial charge in [-0.15, -0.1) is 11.8 Å². The maximum atomic E-state index is 13.9. The zero-order chi connectivity index (χ0) is 18.5. The van der Waals surface area contributed by atoms with Crippen molar-refractivity contribution in [3.05, 3.63) is 47.3 Å². The highest BCUT2D eigenvalue weighted by atomic mass is 32.2. The minimum absolute atomic E-state index is 0.0506. The van der Waals surface area contributed by atoms with E-state index in [-0.39, 0.29) is 5.56 Å². The van der Waals surface area contributed by atoms with Crippen molar-refractivity contribution in [3.8, 4) is 11.1 Å². The fourth-order valence-corrected chi connectivity index (χ4v) is 5.86. The minimum Gasteiger partial charge on any atom is -0.367 e. The number of hydrogen-bond acceptors (Lipinski definition) is 4. The summed E-state index contributed by atoms with van der Waals surface area (Å²) >= 11 is 1.91. The summed E-state index contributed by atoms with van der Waals surface area (Å²) < 4.78 is 13.9. The molecule has 27 heavy (non-hydrogen) atoms. The number of benzene rings is 2. The number of amides is 1. The largest absolute Gasteiger partial charge is 0.367 e. The molecule has 3 aliphatic heterocycles. The molecule has 5 rings (SSSR count). The summed E-state index contributed by atoms with van der Waals surface area (Å²) in [6, 6.07) is 9.67. The van der Waals surface area contributed by atoms with Gasteiger partial charge in [-0.2, -0.15) is 0 Å². The van der Waals surface area contributed by atoms with Gasteiger partial charge in [0.05, 0.1) is 11.3 Å². The molecule has 140 valence electrons. The maximum Gasteiger partial charge on any atom is 0.251 e. The minimum atomic E-state index is -0.731. The van der Waals surface area contributed by atoms with Crippen LogP contribution in [0.5, 0.6) is 0 Å². The van der Waals surface area contributed by atoms with Gasteiger partial charge in [0.25, 0.3) is 5.91 Å². The van der Waals surface area contributed by atoms with E-state index in [1.54, 1.807) is 12.1 Å². The molecule has 1 fully saturated rings. The number of nitrogens with zero attached hydrogens (tertiary/aromatic N) is 1. The summed E-state index contributed by atoms with van der Waals surface area (Å²) in [5, 5.41) is 3.54. The molecule has 0 bridgehead atoms. The Bertz CT molecular complexity index is 932. The second kappa shape index (κ2) is 6.53. The number of carbonyl (C=O) groups is 1. The van der Waals surface area contributed by atoms with E-state index >= 15 is 0 Å². The van der Waals surface area contributed by atoms with Crippen LogP contribution in [-0.4, -0.2) is 37.3 Å². The average molecular weight is 383 g/mol. The van der Waals surface area contributed by atoms with Gasteiger partial charge in [-0.25, -0.2) is 4.39 Å². The van der Waals surface area contributed by atoms with Crippen LogP contribution in [0.25, 0.3) is 11.1 Å². The van der Waals surface area contributed by atoms with Gasteiger partial charge < -0.3 is 16.0 Å². The van der Waals surface area contributed by atoms with Gasteiger partial charge in [0.15, 0.2) is 0 Å². The lowest BCUT2D eigenvalue weighted by molar-refractivity contribution is 0.0996. The van der Waals surface area contributed by atoms with Crippen LogP contribution < -0.4 is 16.0 Å². The number of piperidine rings is 1. The van der Waals surface area contributed by atoms with E-state index < -0.39 is 11.7 Å². The summed E-state index contributed by atoms with van der Waals surface area (Å²) in [7, 11) is 0. The summed E-state index contributed by atoms with van der Waals surface area (Å²) in [5.74, 6) is 0.299. The van der Waals surface area contributed by atoms with Crippen LogP contribution in [0.3, 0.4) is 0 Å². The van der Waals surface area contributed by atoms with E-state index in [1.165, 1.54) is 35.1 Å². The predicted molar refractivity (Wildman–Crippen MR) is 107 cm³/mol. The van der Waals surface area contributed by atoms with E-state index in [2.05, 4.69) is 22.3 Å². The lowest BCUT2D eigenvalue weighted by Gasteiger charge is -2.33. The Balaban J connectivity index is 1.66. The van der Waals surface area contributed by atoms with E-state index in [0.29, 0.717) is 12.0 Å². The van der Waals surface area contributed by atoms with Gasteiger partial charge in [-0.3, -0.25) is 4.79 Å². The molecule has 0 aromatic heterocycles. The van der Waals surface area contributed by atoms with Crippen LogP contribution in [0.2, 0.25) is 0 Å². The molecule has 0 saturated carbocycles. The van der Waals surface area contributed by atoms with Gasteiger partial charge in [0, 0.05) is 29.9 Å². The average Bonchev–Trinajstić information content (AvgIpc) is 2.83. The number of hydrogen-bond donors (Lipinski definition) is 2. The second-order valence-corrected chi connectivity index (χ2v) is 8.67. The summed E-state index contributed by atoms with van der Waals surface area (Å²) in [6.45, 7) is 3.19. The molecular formula is C21H22FN3OS. The molecule has 0 aliphatic carbocycles. The molecule has 3 aliphatic rings. The van der Waals surface area contributed by atoms with Crippen LogP contribution in [-0.2, 0) is 0 Å².